The summed E-state index contributed by atoms with van der Waals surface area (Å²) >= 11 is 13.0. The highest BCUT2D eigenvalue weighted by Gasteiger charge is 2.35. The number of amides is 2. The summed E-state index contributed by atoms with van der Waals surface area (Å²) in [6, 6.07) is 19.1. The fourth-order valence-electron chi connectivity index (χ4n) is 5.10. The third-order valence-corrected chi connectivity index (χ3v) is 9.91. The molecule has 1 aliphatic rings. The first-order valence-electron chi connectivity index (χ1n) is 13.8. The van der Waals surface area contributed by atoms with E-state index in [1.807, 2.05) is 13.8 Å². The number of nitrogens with zero attached hydrogens (tertiary/aromatic N) is 2. The molecule has 0 bridgehead atoms. The van der Waals surface area contributed by atoms with Crippen molar-refractivity contribution in [1.82, 2.24) is 10.2 Å². The number of rotatable bonds is 11. The van der Waals surface area contributed by atoms with Gasteiger partial charge in [-0.2, -0.15) is 0 Å². The number of carbonyl (C=O) groups excluding carboxylic acids is 2. The normalized spacial score (nSPS) is 14.4. The van der Waals surface area contributed by atoms with Crippen LogP contribution in [0.2, 0.25) is 10.0 Å². The molecule has 0 aliphatic heterocycles. The molecule has 0 heterocycles. The average molecular weight is 617 g/mol. The number of anilines is 1. The summed E-state index contributed by atoms with van der Waals surface area (Å²) in [7, 11) is -4.12. The lowest BCUT2D eigenvalue weighted by molar-refractivity contribution is -0.140. The maximum atomic E-state index is 14.2. The Labute approximate surface area is 252 Å². The molecule has 1 atom stereocenters. The summed E-state index contributed by atoms with van der Waals surface area (Å²) in [5, 5.41) is 3.81. The predicted octanol–water partition coefficient (Wildman–Crippen LogP) is 6.36. The Bertz CT molecular complexity index is 1440. The third kappa shape index (κ3) is 7.42. The first-order valence-corrected chi connectivity index (χ1v) is 16.0. The van der Waals surface area contributed by atoms with Gasteiger partial charge in [-0.05, 0) is 62.6 Å². The lowest BCUT2D eigenvalue weighted by Gasteiger charge is -2.34. The van der Waals surface area contributed by atoms with Gasteiger partial charge in [0.15, 0.2) is 0 Å². The zero-order valence-corrected chi connectivity index (χ0v) is 25.6. The van der Waals surface area contributed by atoms with Crippen LogP contribution in [0.4, 0.5) is 5.69 Å². The first kappa shape index (κ1) is 30.9. The average Bonchev–Trinajstić information content (AvgIpc) is 3.47. The van der Waals surface area contributed by atoms with Crippen LogP contribution in [0.1, 0.15) is 50.2 Å². The van der Waals surface area contributed by atoms with Crippen LogP contribution in [0.5, 0.6) is 0 Å². The van der Waals surface area contributed by atoms with E-state index in [0.29, 0.717) is 27.7 Å². The molecular formula is C31H35Cl2N3O4S. The second kappa shape index (κ2) is 13.7. The highest BCUT2D eigenvalue weighted by molar-refractivity contribution is 7.92. The summed E-state index contributed by atoms with van der Waals surface area (Å²) in [5.41, 5.74) is 1.78. The van der Waals surface area contributed by atoms with Crippen molar-refractivity contribution in [3.63, 3.8) is 0 Å². The van der Waals surface area contributed by atoms with Gasteiger partial charge in [0.1, 0.15) is 12.6 Å². The summed E-state index contributed by atoms with van der Waals surface area (Å²) in [6.45, 7) is 3.15. The Morgan fingerprint density at radius 2 is 1.54 bits per heavy atom. The Hall–Kier alpha value is -3.07. The van der Waals surface area contributed by atoms with E-state index in [2.05, 4.69) is 5.32 Å². The van der Waals surface area contributed by atoms with Gasteiger partial charge in [0.2, 0.25) is 11.8 Å². The maximum Gasteiger partial charge on any atom is 0.264 e. The van der Waals surface area contributed by atoms with Gasteiger partial charge in [-0.1, -0.05) is 84.9 Å². The van der Waals surface area contributed by atoms with Gasteiger partial charge < -0.3 is 10.2 Å². The van der Waals surface area contributed by atoms with Crippen LogP contribution in [0, 0.1) is 6.92 Å². The lowest BCUT2D eigenvalue weighted by atomic mass is 10.1. The van der Waals surface area contributed by atoms with Gasteiger partial charge in [-0.25, -0.2) is 8.42 Å². The van der Waals surface area contributed by atoms with Crippen LogP contribution in [-0.2, 0) is 26.2 Å². The topological polar surface area (TPSA) is 86.8 Å². The molecule has 1 aliphatic carbocycles. The van der Waals surface area contributed by atoms with E-state index in [4.69, 9.17) is 23.2 Å². The van der Waals surface area contributed by atoms with E-state index in [1.165, 1.54) is 17.0 Å². The van der Waals surface area contributed by atoms with Crippen LogP contribution in [0.15, 0.2) is 77.7 Å². The SMILES string of the molecule is CC[C@@H](C(=O)NC1CCCC1)N(Cc1c(Cl)cccc1Cl)C(=O)CN(c1ccc(C)cc1)S(=O)(=O)c1ccccc1. The van der Waals surface area contributed by atoms with Crippen molar-refractivity contribution in [2.24, 2.45) is 0 Å². The molecule has 0 saturated heterocycles. The van der Waals surface area contributed by atoms with Gasteiger partial charge >= 0.3 is 0 Å². The Kier molecular flexibility index (Phi) is 10.3. The fraction of sp³-hybridized carbons (Fsp3) is 0.355. The maximum absolute atomic E-state index is 14.2. The minimum atomic E-state index is -4.12. The Morgan fingerprint density at radius 1 is 0.927 bits per heavy atom. The van der Waals surface area contributed by atoms with E-state index >= 15 is 0 Å². The van der Waals surface area contributed by atoms with Gasteiger partial charge in [-0.3, -0.25) is 13.9 Å². The molecule has 218 valence electrons. The Balaban J connectivity index is 1.73. The highest BCUT2D eigenvalue weighted by Crippen LogP contribution is 2.29. The molecule has 41 heavy (non-hydrogen) atoms. The van der Waals surface area contributed by atoms with Crippen LogP contribution >= 0.6 is 23.2 Å². The van der Waals surface area contributed by atoms with E-state index in [1.54, 1.807) is 60.7 Å². The largest absolute Gasteiger partial charge is 0.352 e. The molecule has 1 saturated carbocycles. The molecule has 3 aromatic rings. The van der Waals surface area contributed by atoms with Crippen LogP contribution in [-0.4, -0.2) is 43.8 Å². The summed E-state index contributed by atoms with van der Waals surface area (Å²) in [5.74, 6) is -0.821. The van der Waals surface area contributed by atoms with Crippen molar-refractivity contribution in [1.29, 1.82) is 0 Å². The first-order chi connectivity index (χ1) is 19.6. The number of halogens is 2. The highest BCUT2D eigenvalue weighted by atomic mass is 35.5. The van der Waals surface area contributed by atoms with Crippen molar-refractivity contribution in [3.05, 3.63) is 94.0 Å². The van der Waals surface area contributed by atoms with Gasteiger partial charge in [0.05, 0.1) is 10.6 Å². The quantitative estimate of drug-likeness (QED) is 0.272. The molecule has 0 aromatic heterocycles. The minimum Gasteiger partial charge on any atom is -0.352 e. The summed E-state index contributed by atoms with van der Waals surface area (Å²) < 4.78 is 28.8. The van der Waals surface area contributed by atoms with E-state index in [0.717, 1.165) is 35.6 Å². The lowest BCUT2D eigenvalue weighted by Crippen LogP contribution is -2.53. The molecule has 0 spiro atoms. The minimum absolute atomic E-state index is 0.0545. The second-order valence-corrected chi connectivity index (χ2v) is 13.0. The predicted molar refractivity (Wildman–Crippen MR) is 164 cm³/mol. The molecule has 4 rings (SSSR count). The molecular weight excluding hydrogens is 581 g/mol. The van der Waals surface area contributed by atoms with Crippen LogP contribution < -0.4 is 9.62 Å². The molecule has 0 radical (unpaired) electrons. The monoisotopic (exact) mass is 615 g/mol. The molecule has 1 fully saturated rings. The standard InChI is InChI=1S/C31H35Cl2N3O4S/c1-3-29(31(38)34-23-10-7-8-11-23)35(20-26-27(32)14-9-15-28(26)33)30(37)21-36(24-18-16-22(2)17-19-24)41(39,40)25-12-5-4-6-13-25/h4-6,9,12-19,23,29H,3,7-8,10-11,20-21H2,1-2H3,(H,34,38)/t29-/m0/s1. The number of sulfonamides is 1. The van der Waals surface area contributed by atoms with Gasteiger partial charge in [0.25, 0.3) is 10.0 Å². The van der Waals surface area contributed by atoms with Crippen molar-refractivity contribution < 1.29 is 18.0 Å². The molecule has 10 heteroatoms. The van der Waals surface area contributed by atoms with Crippen molar-refractivity contribution in [2.45, 2.75) is 69.5 Å². The van der Waals surface area contributed by atoms with E-state index in [-0.39, 0.29) is 23.4 Å². The van der Waals surface area contributed by atoms with E-state index in [9.17, 15) is 18.0 Å². The number of aryl methyl sites for hydroxylation is 1. The molecule has 0 unspecified atom stereocenters. The molecule has 7 nitrogen and oxygen atoms in total. The number of nitrogens with one attached hydrogen (secondary N) is 1. The van der Waals surface area contributed by atoms with Crippen LogP contribution in [0.25, 0.3) is 0 Å². The smallest absolute Gasteiger partial charge is 0.264 e. The second-order valence-electron chi connectivity index (χ2n) is 10.3. The van der Waals surface area contributed by atoms with Gasteiger partial charge in [-0.15, -0.1) is 0 Å². The van der Waals surface area contributed by atoms with Gasteiger partial charge in [0, 0.05) is 28.2 Å². The number of hydrogen-bond acceptors (Lipinski definition) is 4. The molecule has 3 aromatic carbocycles. The number of hydrogen-bond donors (Lipinski definition) is 1. The van der Waals surface area contributed by atoms with E-state index < -0.39 is 28.5 Å². The zero-order chi connectivity index (χ0) is 29.6. The van der Waals surface area contributed by atoms with Crippen LogP contribution in [0.3, 0.4) is 0 Å². The third-order valence-electron chi connectivity index (χ3n) is 7.41. The summed E-state index contributed by atoms with van der Waals surface area (Å²) in [4.78, 5) is 29.2. The Morgan fingerprint density at radius 3 is 2.12 bits per heavy atom. The fourth-order valence-corrected chi connectivity index (χ4v) is 7.05. The zero-order valence-electron chi connectivity index (χ0n) is 23.2. The van der Waals surface area contributed by atoms with Crippen molar-refractivity contribution >= 4 is 50.7 Å². The number of benzene rings is 3. The number of carbonyl (C=O) groups is 2. The summed E-state index contributed by atoms with van der Waals surface area (Å²) in [6.07, 6.45) is 4.19. The van der Waals surface area contributed by atoms with Crippen molar-refractivity contribution in [2.75, 3.05) is 10.8 Å². The van der Waals surface area contributed by atoms with Crippen molar-refractivity contribution in [3.8, 4) is 0 Å². The molecule has 2 amide bonds. The molecule has 1 N–H and O–H groups in total.